The molecule has 1 aromatic heterocycles. The summed E-state index contributed by atoms with van der Waals surface area (Å²) in [6.07, 6.45) is -0.304. The van der Waals surface area contributed by atoms with E-state index in [1.807, 2.05) is 42.7 Å². The predicted octanol–water partition coefficient (Wildman–Crippen LogP) is 1.89. The van der Waals surface area contributed by atoms with Gasteiger partial charge in [0.25, 0.3) is 0 Å². The second-order valence-electron chi connectivity index (χ2n) is 5.00. The van der Waals surface area contributed by atoms with Gasteiger partial charge >= 0.3 is 0 Å². The number of aliphatic hydroxyl groups excluding tert-OH is 1. The molecule has 1 heterocycles. The summed E-state index contributed by atoms with van der Waals surface area (Å²) in [5.41, 5.74) is 1.77. The second kappa shape index (κ2) is 6.51. The Balaban J connectivity index is 2.23. The maximum Gasteiger partial charge on any atom is 0.124 e. The fourth-order valence-electron chi connectivity index (χ4n) is 2.10. The molecule has 2 aromatic rings. The van der Waals surface area contributed by atoms with Crippen LogP contribution in [0.3, 0.4) is 0 Å². The van der Waals surface area contributed by atoms with Crippen LogP contribution in [0.4, 0.5) is 0 Å². The summed E-state index contributed by atoms with van der Waals surface area (Å²) < 4.78 is 7.31. The van der Waals surface area contributed by atoms with Gasteiger partial charge in [0.1, 0.15) is 5.82 Å². The Kier molecular flexibility index (Phi) is 4.72. The van der Waals surface area contributed by atoms with E-state index in [4.69, 9.17) is 10.00 Å². The Hall–Kier alpha value is -1.90. The lowest BCUT2D eigenvalue weighted by Crippen LogP contribution is -2.24. The Labute approximate surface area is 118 Å². The van der Waals surface area contributed by atoms with Crippen molar-refractivity contribution < 1.29 is 9.84 Å². The van der Waals surface area contributed by atoms with E-state index >= 15 is 0 Å². The molecule has 0 aliphatic carbocycles. The molecule has 0 bridgehead atoms. The molecule has 1 N–H and O–H groups in total. The average molecular weight is 273 g/mol. The number of nitrogens with zero attached hydrogens (tertiary/aromatic N) is 3. The van der Waals surface area contributed by atoms with Crippen molar-refractivity contribution in [1.29, 1.82) is 5.26 Å². The van der Waals surface area contributed by atoms with Gasteiger partial charge in [-0.05, 0) is 26.0 Å². The molecule has 1 aromatic carbocycles. The minimum absolute atomic E-state index is 0.0859. The van der Waals surface area contributed by atoms with Gasteiger partial charge < -0.3 is 14.4 Å². The van der Waals surface area contributed by atoms with Gasteiger partial charge in [-0.15, -0.1) is 0 Å². The van der Waals surface area contributed by atoms with Crippen molar-refractivity contribution in [1.82, 2.24) is 9.55 Å². The molecule has 1 unspecified atom stereocenters. The molecule has 0 saturated carbocycles. The van der Waals surface area contributed by atoms with Crippen LogP contribution in [0, 0.1) is 11.3 Å². The van der Waals surface area contributed by atoms with Crippen LogP contribution in [0.15, 0.2) is 24.3 Å². The van der Waals surface area contributed by atoms with E-state index in [1.54, 1.807) is 0 Å². The molecule has 0 fully saturated rings. The van der Waals surface area contributed by atoms with E-state index in [9.17, 15) is 5.11 Å². The van der Waals surface area contributed by atoms with Crippen molar-refractivity contribution >= 4 is 11.0 Å². The molecule has 5 heteroatoms. The number of hydrogen-bond acceptors (Lipinski definition) is 4. The highest BCUT2D eigenvalue weighted by Crippen LogP contribution is 2.17. The van der Waals surface area contributed by atoms with Gasteiger partial charge in [-0.3, -0.25) is 0 Å². The minimum Gasteiger partial charge on any atom is -0.389 e. The molecule has 0 radical (unpaired) electrons. The minimum atomic E-state index is -0.618. The third-order valence-electron chi connectivity index (χ3n) is 2.99. The lowest BCUT2D eigenvalue weighted by atomic mass is 10.3. The maximum absolute atomic E-state index is 10.1. The number of nitriles is 1. The second-order valence-corrected chi connectivity index (χ2v) is 5.00. The summed E-state index contributed by atoms with van der Waals surface area (Å²) in [6.45, 7) is 4.52. The van der Waals surface area contributed by atoms with E-state index in [0.717, 1.165) is 11.0 Å². The zero-order valence-electron chi connectivity index (χ0n) is 11.8. The van der Waals surface area contributed by atoms with E-state index in [-0.39, 0.29) is 19.1 Å². The van der Waals surface area contributed by atoms with Gasteiger partial charge in [0.15, 0.2) is 0 Å². The third kappa shape index (κ3) is 3.35. The van der Waals surface area contributed by atoms with E-state index in [0.29, 0.717) is 12.4 Å². The smallest absolute Gasteiger partial charge is 0.124 e. The first kappa shape index (κ1) is 14.5. The quantitative estimate of drug-likeness (QED) is 0.872. The van der Waals surface area contributed by atoms with Crippen molar-refractivity contribution in [3.63, 3.8) is 0 Å². The fourth-order valence-corrected chi connectivity index (χ4v) is 2.10. The lowest BCUT2D eigenvalue weighted by molar-refractivity contribution is -0.000519. The normalized spacial score (nSPS) is 12.8. The zero-order chi connectivity index (χ0) is 14.5. The van der Waals surface area contributed by atoms with Crippen LogP contribution in [-0.2, 0) is 17.7 Å². The Morgan fingerprint density at radius 1 is 1.40 bits per heavy atom. The first-order chi connectivity index (χ1) is 9.61. The van der Waals surface area contributed by atoms with E-state index in [1.165, 1.54) is 0 Å². The van der Waals surface area contributed by atoms with Crippen molar-refractivity contribution in [3.8, 4) is 6.07 Å². The summed E-state index contributed by atoms with van der Waals surface area (Å²) in [7, 11) is 0. The molecule has 2 rings (SSSR count). The SMILES string of the molecule is CC(C)OCC(O)Cn1c(CC#N)nc2ccccc21. The van der Waals surface area contributed by atoms with Crippen LogP contribution >= 0.6 is 0 Å². The number of aromatic nitrogens is 2. The number of ether oxygens (including phenoxy) is 1. The monoisotopic (exact) mass is 273 g/mol. The summed E-state index contributed by atoms with van der Waals surface area (Å²) in [4.78, 5) is 4.44. The molecule has 0 aliphatic heterocycles. The standard InChI is InChI=1S/C15H19N3O2/c1-11(2)20-10-12(19)9-18-14-6-4-3-5-13(14)17-15(18)7-8-16/h3-6,11-12,19H,7,9-10H2,1-2H3. The van der Waals surface area contributed by atoms with Gasteiger partial charge in [0, 0.05) is 0 Å². The number of para-hydroxylation sites is 2. The molecule has 0 spiro atoms. The van der Waals surface area contributed by atoms with Crippen LogP contribution in [0.2, 0.25) is 0 Å². The van der Waals surface area contributed by atoms with Crippen LogP contribution in [-0.4, -0.2) is 33.5 Å². The first-order valence-electron chi connectivity index (χ1n) is 6.72. The summed E-state index contributed by atoms with van der Waals surface area (Å²) >= 11 is 0. The largest absolute Gasteiger partial charge is 0.389 e. The maximum atomic E-state index is 10.1. The fraction of sp³-hybridized carbons (Fsp3) is 0.467. The van der Waals surface area contributed by atoms with Gasteiger partial charge in [-0.25, -0.2) is 4.98 Å². The number of aliphatic hydroxyl groups is 1. The van der Waals surface area contributed by atoms with Crippen LogP contribution in [0.25, 0.3) is 11.0 Å². The van der Waals surface area contributed by atoms with Gasteiger partial charge in [-0.1, -0.05) is 12.1 Å². The Bertz CT molecular complexity index is 613. The predicted molar refractivity (Wildman–Crippen MR) is 76.1 cm³/mol. The molecule has 5 nitrogen and oxygen atoms in total. The van der Waals surface area contributed by atoms with Crippen molar-refractivity contribution in [3.05, 3.63) is 30.1 Å². The molecule has 1 atom stereocenters. The highest BCUT2D eigenvalue weighted by molar-refractivity contribution is 5.76. The topological polar surface area (TPSA) is 71.1 Å². The summed E-state index contributed by atoms with van der Waals surface area (Å²) in [5.74, 6) is 0.678. The van der Waals surface area contributed by atoms with Gasteiger partial charge in [0.2, 0.25) is 0 Å². The van der Waals surface area contributed by atoms with Crippen LogP contribution in [0.1, 0.15) is 19.7 Å². The highest BCUT2D eigenvalue weighted by Gasteiger charge is 2.14. The molecule has 20 heavy (non-hydrogen) atoms. The molecule has 106 valence electrons. The third-order valence-corrected chi connectivity index (χ3v) is 2.99. The van der Waals surface area contributed by atoms with E-state index < -0.39 is 6.10 Å². The zero-order valence-corrected chi connectivity index (χ0v) is 11.8. The number of hydrogen-bond donors (Lipinski definition) is 1. The Morgan fingerprint density at radius 2 is 2.15 bits per heavy atom. The number of rotatable bonds is 6. The number of fused-ring (bicyclic) bond motifs is 1. The van der Waals surface area contributed by atoms with E-state index in [2.05, 4.69) is 11.1 Å². The average Bonchev–Trinajstić information content (AvgIpc) is 2.75. The summed E-state index contributed by atoms with van der Waals surface area (Å²) in [5, 5.41) is 19.0. The van der Waals surface area contributed by atoms with Crippen LogP contribution < -0.4 is 0 Å². The van der Waals surface area contributed by atoms with Crippen molar-refractivity contribution in [2.75, 3.05) is 6.61 Å². The van der Waals surface area contributed by atoms with Crippen LogP contribution in [0.5, 0.6) is 0 Å². The summed E-state index contributed by atoms with van der Waals surface area (Å²) in [6, 6.07) is 9.80. The van der Waals surface area contributed by atoms with Crippen molar-refractivity contribution in [2.24, 2.45) is 0 Å². The molecular weight excluding hydrogens is 254 g/mol. The van der Waals surface area contributed by atoms with Gasteiger partial charge in [0.05, 0.1) is 48.9 Å². The molecule has 0 aliphatic rings. The lowest BCUT2D eigenvalue weighted by Gasteiger charge is -2.15. The number of imidazole rings is 1. The first-order valence-corrected chi connectivity index (χ1v) is 6.72. The Morgan fingerprint density at radius 3 is 2.85 bits per heavy atom. The van der Waals surface area contributed by atoms with Gasteiger partial charge in [-0.2, -0.15) is 5.26 Å². The highest BCUT2D eigenvalue weighted by atomic mass is 16.5. The van der Waals surface area contributed by atoms with Crippen molar-refractivity contribution in [2.45, 2.75) is 39.0 Å². The molecular formula is C15H19N3O2. The molecule has 0 saturated heterocycles. The molecule has 0 amide bonds. The number of benzene rings is 1.